The molecule has 1 fully saturated rings. The van der Waals surface area contributed by atoms with Crippen molar-refractivity contribution in [2.24, 2.45) is 0 Å². The van der Waals surface area contributed by atoms with E-state index in [0.717, 1.165) is 41.1 Å². The number of rotatable bonds is 11. The quantitative estimate of drug-likeness (QED) is 0.262. The monoisotopic (exact) mass is 578 g/mol. The average molecular weight is 579 g/mol. The minimum absolute atomic E-state index is 0.0386. The zero-order valence-electron chi connectivity index (χ0n) is 23.1. The summed E-state index contributed by atoms with van der Waals surface area (Å²) < 4.78 is 28.5. The Balaban J connectivity index is 1.68. The van der Waals surface area contributed by atoms with Crippen LogP contribution in [0.5, 0.6) is 0 Å². The molecule has 0 aromatic heterocycles. The third-order valence-corrected chi connectivity index (χ3v) is 9.09. The van der Waals surface area contributed by atoms with Crippen LogP contribution in [0.25, 0.3) is 0 Å². The Morgan fingerprint density at radius 2 is 1.59 bits per heavy atom. The van der Waals surface area contributed by atoms with E-state index in [1.54, 1.807) is 25.1 Å². The number of anilines is 1. The van der Waals surface area contributed by atoms with Crippen molar-refractivity contribution < 1.29 is 22.9 Å². The van der Waals surface area contributed by atoms with Gasteiger partial charge in [-0.1, -0.05) is 60.9 Å². The van der Waals surface area contributed by atoms with E-state index in [4.69, 9.17) is 0 Å². The lowest BCUT2D eigenvalue weighted by Gasteiger charge is -2.32. The van der Waals surface area contributed by atoms with E-state index in [-0.39, 0.29) is 34.8 Å². The number of aryl methyl sites for hydroxylation is 1. The third kappa shape index (κ3) is 7.29. The van der Waals surface area contributed by atoms with Crippen LogP contribution in [0, 0.1) is 17.0 Å². The number of hydrogen-bond acceptors (Lipinski definition) is 6. The summed E-state index contributed by atoms with van der Waals surface area (Å²) in [4.78, 5) is 39.2. The molecule has 3 aromatic rings. The standard InChI is InChI=1S/C30H34N4O6S/c1-22-12-14-24(15-13-22)20-32(23(2)30(36)31-25-8-6-7-9-25)29(35)21-33(26-16-18-27(19-17-26)34(37)38)41(39,40)28-10-4-3-5-11-28/h3-5,10-19,23,25H,6-9,20-21H2,1-2H3,(H,31,36)/t23-/m1/s1. The molecular formula is C30H34N4O6S. The number of sulfonamides is 1. The Bertz CT molecular complexity index is 1470. The van der Waals surface area contributed by atoms with E-state index in [9.17, 15) is 28.1 Å². The van der Waals surface area contributed by atoms with Gasteiger partial charge in [0.2, 0.25) is 11.8 Å². The van der Waals surface area contributed by atoms with Gasteiger partial charge < -0.3 is 10.2 Å². The highest BCUT2D eigenvalue weighted by atomic mass is 32.2. The van der Waals surface area contributed by atoms with Crippen LogP contribution in [-0.2, 0) is 26.2 Å². The lowest BCUT2D eigenvalue weighted by atomic mass is 10.1. The summed E-state index contributed by atoms with van der Waals surface area (Å²) in [5, 5.41) is 14.2. The van der Waals surface area contributed by atoms with Gasteiger partial charge in [0.15, 0.2) is 0 Å². The number of nitrogens with one attached hydrogen (secondary N) is 1. The van der Waals surface area contributed by atoms with Crippen molar-refractivity contribution in [2.45, 2.75) is 63.1 Å². The Morgan fingerprint density at radius 1 is 0.976 bits per heavy atom. The van der Waals surface area contributed by atoms with Crippen molar-refractivity contribution in [1.82, 2.24) is 10.2 Å². The smallest absolute Gasteiger partial charge is 0.269 e. The van der Waals surface area contributed by atoms with Crippen LogP contribution in [0.15, 0.2) is 83.8 Å². The first-order chi connectivity index (χ1) is 19.6. The van der Waals surface area contributed by atoms with E-state index >= 15 is 0 Å². The topological polar surface area (TPSA) is 130 Å². The van der Waals surface area contributed by atoms with Gasteiger partial charge in [0.05, 0.1) is 15.5 Å². The number of hydrogen-bond donors (Lipinski definition) is 1. The van der Waals surface area contributed by atoms with Gasteiger partial charge in [-0.05, 0) is 56.5 Å². The Kier molecular flexibility index (Phi) is 9.38. The molecule has 1 saturated carbocycles. The molecule has 4 rings (SSSR count). The van der Waals surface area contributed by atoms with Crippen LogP contribution in [-0.4, -0.2) is 48.7 Å². The first-order valence-electron chi connectivity index (χ1n) is 13.5. The van der Waals surface area contributed by atoms with Gasteiger partial charge in [0.1, 0.15) is 12.6 Å². The maximum Gasteiger partial charge on any atom is 0.269 e. The highest BCUT2D eigenvalue weighted by molar-refractivity contribution is 7.92. The number of nitro groups is 1. The fourth-order valence-electron chi connectivity index (χ4n) is 4.85. The second-order valence-electron chi connectivity index (χ2n) is 10.3. The molecule has 1 N–H and O–H groups in total. The predicted octanol–water partition coefficient (Wildman–Crippen LogP) is 4.57. The second-order valence-corrected chi connectivity index (χ2v) is 12.1. The predicted molar refractivity (Wildman–Crippen MR) is 156 cm³/mol. The van der Waals surface area contributed by atoms with Crippen molar-refractivity contribution in [3.63, 3.8) is 0 Å². The molecule has 3 aromatic carbocycles. The number of benzene rings is 3. The van der Waals surface area contributed by atoms with E-state index < -0.39 is 33.4 Å². The first kappa shape index (κ1) is 29.7. The molecule has 1 aliphatic rings. The second kappa shape index (κ2) is 12.9. The van der Waals surface area contributed by atoms with Crippen LogP contribution >= 0.6 is 0 Å². The molecule has 10 nitrogen and oxygen atoms in total. The summed E-state index contributed by atoms with van der Waals surface area (Å²) in [6, 6.07) is 19.4. The van der Waals surface area contributed by atoms with E-state index in [1.807, 2.05) is 31.2 Å². The van der Waals surface area contributed by atoms with Gasteiger partial charge in [-0.3, -0.25) is 24.0 Å². The number of non-ortho nitro benzene ring substituents is 1. The molecule has 0 aliphatic heterocycles. The molecule has 11 heteroatoms. The van der Waals surface area contributed by atoms with Gasteiger partial charge in [-0.2, -0.15) is 0 Å². The Morgan fingerprint density at radius 3 is 2.17 bits per heavy atom. The highest BCUT2D eigenvalue weighted by Crippen LogP contribution is 2.27. The number of nitro benzene ring substituents is 1. The largest absolute Gasteiger partial charge is 0.352 e. The summed E-state index contributed by atoms with van der Waals surface area (Å²) in [6.07, 6.45) is 3.83. The van der Waals surface area contributed by atoms with Crippen LogP contribution in [0.4, 0.5) is 11.4 Å². The van der Waals surface area contributed by atoms with Crippen LogP contribution in [0.3, 0.4) is 0 Å². The van der Waals surface area contributed by atoms with Gasteiger partial charge in [0, 0.05) is 24.7 Å². The summed E-state index contributed by atoms with van der Waals surface area (Å²) in [6.45, 7) is 3.07. The van der Waals surface area contributed by atoms with E-state index in [2.05, 4.69) is 5.32 Å². The van der Waals surface area contributed by atoms with Crippen molar-refractivity contribution in [2.75, 3.05) is 10.8 Å². The molecule has 41 heavy (non-hydrogen) atoms. The minimum atomic E-state index is -4.24. The Hall–Kier alpha value is -4.25. The molecule has 1 atom stereocenters. The molecule has 0 unspecified atom stereocenters. The number of amides is 2. The summed E-state index contributed by atoms with van der Waals surface area (Å²) >= 11 is 0. The molecule has 2 amide bonds. The molecule has 0 saturated heterocycles. The normalized spacial score (nSPS) is 14.3. The Labute approximate surface area is 240 Å². The zero-order valence-corrected chi connectivity index (χ0v) is 23.9. The summed E-state index contributed by atoms with van der Waals surface area (Å²) in [7, 11) is -4.24. The van der Waals surface area contributed by atoms with Crippen LogP contribution < -0.4 is 9.62 Å². The maximum absolute atomic E-state index is 14.0. The molecule has 0 bridgehead atoms. The average Bonchev–Trinajstić information content (AvgIpc) is 3.48. The number of carbonyl (C=O) groups excluding carboxylic acids is 2. The van der Waals surface area contributed by atoms with Crippen LogP contribution in [0.1, 0.15) is 43.7 Å². The van der Waals surface area contributed by atoms with Crippen molar-refractivity contribution >= 4 is 33.2 Å². The van der Waals surface area contributed by atoms with Gasteiger partial charge in [-0.25, -0.2) is 8.42 Å². The number of carbonyl (C=O) groups is 2. The number of nitrogens with zero attached hydrogens (tertiary/aromatic N) is 3. The maximum atomic E-state index is 14.0. The van der Waals surface area contributed by atoms with Crippen molar-refractivity contribution in [3.05, 3.63) is 100 Å². The van der Waals surface area contributed by atoms with E-state index in [1.165, 1.54) is 41.3 Å². The highest BCUT2D eigenvalue weighted by Gasteiger charge is 2.33. The molecule has 0 radical (unpaired) electrons. The SMILES string of the molecule is Cc1ccc(CN(C(=O)CN(c2ccc([N+](=O)[O-])cc2)S(=O)(=O)c2ccccc2)[C@H](C)C(=O)NC2CCCC2)cc1. The van der Waals surface area contributed by atoms with Gasteiger partial charge >= 0.3 is 0 Å². The molecule has 0 heterocycles. The molecule has 0 spiro atoms. The molecule has 1 aliphatic carbocycles. The fraction of sp³-hybridized carbons (Fsp3) is 0.333. The zero-order chi connectivity index (χ0) is 29.6. The summed E-state index contributed by atoms with van der Waals surface area (Å²) in [5.74, 6) is -0.886. The summed E-state index contributed by atoms with van der Waals surface area (Å²) in [5.41, 5.74) is 1.70. The molecular weight excluding hydrogens is 544 g/mol. The van der Waals surface area contributed by atoms with Crippen molar-refractivity contribution in [3.8, 4) is 0 Å². The lowest BCUT2D eigenvalue weighted by molar-refractivity contribution is -0.384. The van der Waals surface area contributed by atoms with Crippen LogP contribution in [0.2, 0.25) is 0 Å². The van der Waals surface area contributed by atoms with Gasteiger partial charge in [0.25, 0.3) is 15.7 Å². The lowest BCUT2D eigenvalue weighted by Crippen LogP contribution is -2.52. The minimum Gasteiger partial charge on any atom is -0.352 e. The van der Waals surface area contributed by atoms with Gasteiger partial charge in [-0.15, -0.1) is 0 Å². The van der Waals surface area contributed by atoms with Crippen molar-refractivity contribution in [1.29, 1.82) is 0 Å². The fourth-order valence-corrected chi connectivity index (χ4v) is 6.29. The molecule has 216 valence electrons. The van der Waals surface area contributed by atoms with E-state index in [0.29, 0.717) is 0 Å². The first-order valence-corrected chi connectivity index (χ1v) is 15.0. The third-order valence-electron chi connectivity index (χ3n) is 7.30.